The number of rotatable bonds is 5. The summed E-state index contributed by atoms with van der Waals surface area (Å²) in [7, 11) is -2.73. The quantitative estimate of drug-likeness (QED) is 0.419. The number of anilines is 1. The van der Waals surface area contributed by atoms with Crippen molar-refractivity contribution in [1.82, 2.24) is 9.97 Å². The maximum Gasteiger partial charge on any atom is 0.416 e. The van der Waals surface area contributed by atoms with E-state index in [9.17, 15) is 21.6 Å². The Balaban J connectivity index is 1.76. The van der Waals surface area contributed by atoms with E-state index < -0.39 is 21.8 Å². The first-order chi connectivity index (χ1) is 15.6. The minimum atomic E-state index is -4.53. The molecule has 0 saturated carbocycles. The fourth-order valence-corrected chi connectivity index (χ4v) is 5.04. The number of hydrogen-bond acceptors (Lipinski definition) is 7. The van der Waals surface area contributed by atoms with E-state index in [1.807, 2.05) is 6.07 Å². The summed E-state index contributed by atoms with van der Waals surface area (Å²) in [5, 5.41) is 9.95. The molecule has 0 aliphatic carbocycles. The van der Waals surface area contributed by atoms with E-state index in [1.165, 1.54) is 43.8 Å². The van der Waals surface area contributed by atoms with E-state index in [1.54, 1.807) is 6.07 Å². The van der Waals surface area contributed by atoms with Gasteiger partial charge in [0.25, 0.3) is 10.0 Å². The molecule has 0 aliphatic rings. The van der Waals surface area contributed by atoms with Gasteiger partial charge in [-0.05, 0) is 41.8 Å². The second-order valence-electron chi connectivity index (χ2n) is 6.70. The lowest BCUT2D eigenvalue weighted by atomic mass is 10.0. The molecule has 0 atom stereocenters. The fraction of sp³-hybridized carbons (Fsp3) is 0.0952. The third kappa shape index (κ3) is 4.46. The monoisotopic (exact) mass is 490 g/mol. The molecule has 4 rings (SSSR count). The average molecular weight is 490 g/mol. The van der Waals surface area contributed by atoms with Gasteiger partial charge in [0.15, 0.2) is 5.13 Å². The minimum Gasteiger partial charge on any atom is -0.496 e. The predicted molar refractivity (Wildman–Crippen MR) is 116 cm³/mol. The van der Waals surface area contributed by atoms with E-state index in [0.29, 0.717) is 22.0 Å². The molecular formula is C21H13F3N4O3S2. The highest BCUT2D eigenvalue weighted by molar-refractivity contribution is 7.93. The van der Waals surface area contributed by atoms with Crippen LogP contribution in [0.4, 0.5) is 18.3 Å². The van der Waals surface area contributed by atoms with Crippen LogP contribution in [0.1, 0.15) is 10.4 Å². The summed E-state index contributed by atoms with van der Waals surface area (Å²) in [5.74, 6) is -0.0137. The third-order valence-corrected chi connectivity index (χ3v) is 6.95. The molecule has 0 radical (unpaired) electrons. The maximum absolute atomic E-state index is 13.1. The molecular weight excluding hydrogens is 477 g/mol. The summed E-state index contributed by atoms with van der Waals surface area (Å²) in [4.78, 5) is 8.34. The zero-order chi connectivity index (χ0) is 23.8. The number of ether oxygens (including phenoxy) is 1. The molecule has 168 valence electrons. The molecule has 0 spiro atoms. The second kappa shape index (κ2) is 8.34. The highest BCUT2D eigenvalue weighted by Crippen LogP contribution is 2.38. The molecule has 12 heteroatoms. The van der Waals surface area contributed by atoms with Gasteiger partial charge in [-0.15, -0.1) is 0 Å². The number of hydrogen-bond donors (Lipinski definition) is 1. The van der Waals surface area contributed by atoms with Crippen LogP contribution in [0.2, 0.25) is 0 Å². The number of sulfonamides is 1. The number of alkyl halides is 3. The van der Waals surface area contributed by atoms with Crippen LogP contribution in [-0.4, -0.2) is 25.5 Å². The molecule has 0 fully saturated rings. The minimum absolute atomic E-state index is 0.0137. The van der Waals surface area contributed by atoms with Gasteiger partial charge in [-0.2, -0.15) is 18.4 Å². The van der Waals surface area contributed by atoms with Crippen LogP contribution in [0.25, 0.3) is 22.0 Å². The Kier molecular flexibility index (Phi) is 5.69. The second-order valence-corrected chi connectivity index (χ2v) is 9.42. The van der Waals surface area contributed by atoms with Crippen molar-refractivity contribution in [2.75, 3.05) is 11.8 Å². The van der Waals surface area contributed by atoms with Crippen LogP contribution in [0.15, 0.2) is 59.8 Å². The van der Waals surface area contributed by atoms with E-state index in [2.05, 4.69) is 14.7 Å². The SMILES string of the molecule is COc1cc(C(F)(F)F)ccc1-c1nccc2cc(S(=O)(=O)Nc3ncc(C#N)s3)ccc12. The van der Waals surface area contributed by atoms with Crippen molar-refractivity contribution in [3.8, 4) is 23.1 Å². The van der Waals surface area contributed by atoms with Crippen molar-refractivity contribution in [2.24, 2.45) is 0 Å². The molecule has 2 aromatic carbocycles. The molecule has 0 amide bonds. The molecule has 2 aromatic heterocycles. The van der Waals surface area contributed by atoms with Crippen molar-refractivity contribution in [2.45, 2.75) is 11.1 Å². The van der Waals surface area contributed by atoms with E-state index in [4.69, 9.17) is 10.00 Å². The van der Waals surface area contributed by atoms with Crippen molar-refractivity contribution < 1.29 is 26.3 Å². The van der Waals surface area contributed by atoms with Crippen LogP contribution < -0.4 is 9.46 Å². The van der Waals surface area contributed by atoms with E-state index in [0.717, 1.165) is 23.5 Å². The topological polar surface area (TPSA) is 105 Å². The van der Waals surface area contributed by atoms with Gasteiger partial charge < -0.3 is 4.74 Å². The molecule has 4 aromatic rings. The van der Waals surface area contributed by atoms with Crippen LogP contribution in [0.3, 0.4) is 0 Å². The number of methoxy groups -OCH3 is 1. The number of benzene rings is 2. The lowest BCUT2D eigenvalue weighted by molar-refractivity contribution is -0.137. The maximum atomic E-state index is 13.1. The van der Waals surface area contributed by atoms with Crippen LogP contribution in [0.5, 0.6) is 5.75 Å². The first kappa shape index (κ1) is 22.5. The average Bonchev–Trinajstić information content (AvgIpc) is 3.24. The number of aromatic nitrogens is 2. The Hall–Kier alpha value is -3.69. The van der Waals surface area contributed by atoms with Crippen molar-refractivity contribution in [3.05, 3.63) is 65.3 Å². The van der Waals surface area contributed by atoms with Gasteiger partial charge in [-0.3, -0.25) is 9.71 Å². The molecule has 0 bridgehead atoms. The van der Waals surface area contributed by atoms with Crippen LogP contribution in [0, 0.1) is 11.3 Å². The van der Waals surface area contributed by atoms with Crippen LogP contribution >= 0.6 is 11.3 Å². The Morgan fingerprint density at radius 3 is 2.58 bits per heavy atom. The molecule has 7 nitrogen and oxygen atoms in total. The van der Waals surface area contributed by atoms with Crippen molar-refractivity contribution in [3.63, 3.8) is 0 Å². The van der Waals surface area contributed by atoms with Gasteiger partial charge in [0.2, 0.25) is 0 Å². The normalized spacial score (nSPS) is 11.8. The highest BCUT2D eigenvalue weighted by Gasteiger charge is 2.31. The molecule has 0 aliphatic heterocycles. The van der Waals surface area contributed by atoms with Gasteiger partial charge in [0.05, 0.1) is 29.5 Å². The van der Waals surface area contributed by atoms with Crippen LogP contribution in [-0.2, 0) is 16.2 Å². The smallest absolute Gasteiger partial charge is 0.416 e. The number of halogens is 3. The zero-order valence-electron chi connectivity index (χ0n) is 16.7. The van der Waals surface area contributed by atoms with Gasteiger partial charge in [0.1, 0.15) is 16.7 Å². The molecule has 0 saturated heterocycles. The van der Waals surface area contributed by atoms with E-state index >= 15 is 0 Å². The summed E-state index contributed by atoms with van der Waals surface area (Å²) < 4.78 is 72.2. The van der Waals surface area contributed by atoms with Gasteiger partial charge >= 0.3 is 6.18 Å². The van der Waals surface area contributed by atoms with Crippen molar-refractivity contribution >= 4 is 37.3 Å². The third-order valence-electron chi connectivity index (χ3n) is 4.67. The Labute approximate surface area is 190 Å². The van der Waals surface area contributed by atoms with E-state index in [-0.39, 0.29) is 20.7 Å². The Morgan fingerprint density at radius 2 is 1.91 bits per heavy atom. The van der Waals surface area contributed by atoms with Crippen molar-refractivity contribution in [1.29, 1.82) is 5.26 Å². The first-order valence-corrected chi connectivity index (χ1v) is 11.5. The van der Waals surface area contributed by atoms with Gasteiger partial charge in [-0.1, -0.05) is 17.4 Å². The highest BCUT2D eigenvalue weighted by atomic mass is 32.2. The summed E-state index contributed by atoms with van der Waals surface area (Å²) in [6.07, 6.45) is -1.84. The number of thiazole rings is 1. The lowest BCUT2D eigenvalue weighted by Gasteiger charge is -2.14. The fourth-order valence-electron chi connectivity index (χ4n) is 3.15. The molecule has 1 N–H and O–H groups in total. The Morgan fingerprint density at radius 1 is 1.12 bits per heavy atom. The van der Waals surface area contributed by atoms with Gasteiger partial charge in [0, 0.05) is 17.1 Å². The largest absolute Gasteiger partial charge is 0.496 e. The Bertz CT molecular complexity index is 1510. The number of nitrogens with zero attached hydrogens (tertiary/aromatic N) is 3. The lowest BCUT2D eigenvalue weighted by Crippen LogP contribution is -2.12. The summed E-state index contributed by atoms with van der Waals surface area (Å²) in [6.45, 7) is 0. The zero-order valence-corrected chi connectivity index (χ0v) is 18.3. The standard InChI is InChI=1S/C21H13F3N4O3S2/c1-31-18-9-13(21(22,23)24)2-4-17(18)19-16-5-3-15(8-12(16)6-7-26-19)33(29,30)28-20-27-11-14(10-25)32-20/h2-9,11H,1H3,(H,27,28). The number of fused-ring (bicyclic) bond motifs is 1. The molecule has 0 unspecified atom stereocenters. The number of pyridine rings is 1. The summed E-state index contributed by atoms with van der Waals surface area (Å²) in [5.41, 5.74) is -0.185. The predicted octanol–water partition coefficient (Wildman–Crippen LogP) is 5.06. The summed E-state index contributed by atoms with van der Waals surface area (Å²) in [6, 6.07) is 10.9. The number of nitriles is 1. The number of nitrogens with one attached hydrogen (secondary N) is 1. The van der Waals surface area contributed by atoms with Gasteiger partial charge in [-0.25, -0.2) is 13.4 Å². The molecule has 33 heavy (non-hydrogen) atoms. The molecule has 2 heterocycles. The first-order valence-electron chi connectivity index (χ1n) is 9.15. The summed E-state index contributed by atoms with van der Waals surface area (Å²) >= 11 is 0.898.